The van der Waals surface area contributed by atoms with E-state index in [-0.39, 0.29) is 17.6 Å². The van der Waals surface area contributed by atoms with Crippen LogP contribution < -0.4 is 21.1 Å². The maximum Gasteiger partial charge on any atom is 0.319 e. The molecule has 0 spiro atoms. The largest absolute Gasteiger partial charge is 0.352 e. The second kappa shape index (κ2) is 10.4. The van der Waals surface area contributed by atoms with E-state index >= 15 is 0 Å². The number of hydrogen-bond donors (Lipinski definition) is 2. The van der Waals surface area contributed by atoms with E-state index in [0.717, 1.165) is 29.7 Å². The van der Waals surface area contributed by atoms with Gasteiger partial charge in [-0.05, 0) is 74.6 Å². The molecule has 2 N–H and O–H groups in total. The molecule has 0 bridgehead atoms. The number of aryl methyl sites for hydroxylation is 3. The summed E-state index contributed by atoms with van der Waals surface area (Å²) in [5.74, 6) is 0.436. The molecule has 8 nitrogen and oxygen atoms in total. The molecule has 0 atom stereocenters. The van der Waals surface area contributed by atoms with Gasteiger partial charge in [-0.2, -0.15) is 0 Å². The van der Waals surface area contributed by atoms with Gasteiger partial charge in [0.2, 0.25) is 0 Å². The Morgan fingerprint density at radius 1 is 1.00 bits per heavy atom. The first kappa shape index (κ1) is 24.5. The SMILES string of the molecule is Cc1ccc(Cn2c(=O)c(N3CCC(NC(=O)Nc4ccc(C)c(C)c4)CC3)nc3cccnc32)cc1. The number of carbonyl (C=O) groups excluding carboxylic acids is 1. The van der Waals surface area contributed by atoms with Gasteiger partial charge in [0.05, 0.1) is 6.54 Å². The molecular weight excluding hydrogens is 464 g/mol. The Kier molecular flexibility index (Phi) is 6.90. The van der Waals surface area contributed by atoms with E-state index in [9.17, 15) is 9.59 Å². The predicted octanol–water partition coefficient (Wildman–Crippen LogP) is 4.56. The number of nitrogens with zero attached hydrogens (tertiary/aromatic N) is 4. The Hall–Kier alpha value is -4.20. The molecule has 5 rings (SSSR count). The van der Waals surface area contributed by atoms with Gasteiger partial charge in [0.15, 0.2) is 11.5 Å². The summed E-state index contributed by atoms with van der Waals surface area (Å²) in [5.41, 5.74) is 6.44. The number of benzene rings is 2. The maximum absolute atomic E-state index is 13.6. The number of urea groups is 1. The number of pyridine rings is 1. The topological polar surface area (TPSA) is 92.2 Å². The zero-order chi connectivity index (χ0) is 25.9. The van der Waals surface area contributed by atoms with Gasteiger partial charge in [0, 0.05) is 31.0 Å². The maximum atomic E-state index is 13.6. The summed E-state index contributed by atoms with van der Waals surface area (Å²) in [5, 5.41) is 6.00. The van der Waals surface area contributed by atoms with Crippen molar-refractivity contribution in [3.63, 3.8) is 0 Å². The fourth-order valence-electron chi connectivity index (χ4n) is 4.70. The van der Waals surface area contributed by atoms with E-state index in [2.05, 4.69) is 15.6 Å². The molecule has 4 aromatic rings. The highest BCUT2D eigenvalue weighted by molar-refractivity contribution is 5.89. The van der Waals surface area contributed by atoms with Crippen molar-refractivity contribution in [2.24, 2.45) is 0 Å². The van der Waals surface area contributed by atoms with E-state index in [1.165, 1.54) is 11.1 Å². The third kappa shape index (κ3) is 5.48. The Labute approximate surface area is 216 Å². The summed E-state index contributed by atoms with van der Waals surface area (Å²) in [6.45, 7) is 7.81. The molecule has 190 valence electrons. The first-order valence-corrected chi connectivity index (χ1v) is 12.7. The lowest BCUT2D eigenvalue weighted by Gasteiger charge is -2.33. The van der Waals surface area contributed by atoms with Crippen LogP contribution in [0.3, 0.4) is 0 Å². The van der Waals surface area contributed by atoms with Crippen LogP contribution in [0.2, 0.25) is 0 Å². The van der Waals surface area contributed by atoms with Crippen molar-refractivity contribution in [3.8, 4) is 0 Å². The third-order valence-electron chi connectivity index (χ3n) is 7.04. The van der Waals surface area contributed by atoms with Gasteiger partial charge in [0.1, 0.15) is 5.52 Å². The lowest BCUT2D eigenvalue weighted by molar-refractivity contribution is 0.246. The molecule has 0 aliphatic carbocycles. The molecule has 0 radical (unpaired) electrons. The number of fused-ring (bicyclic) bond motifs is 1. The van der Waals surface area contributed by atoms with Crippen molar-refractivity contribution >= 4 is 28.7 Å². The Morgan fingerprint density at radius 3 is 2.49 bits per heavy atom. The molecule has 1 aliphatic rings. The van der Waals surface area contributed by atoms with Gasteiger partial charge in [0.25, 0.3) is 5.56 Å². The number of piperidine rings is 1. The highest BCUT2D eigenvalue weighted by atomic mass is 16.2. The molecule has 0 unspecified atom stereocenters. The Balaban J connectivity index is 1.29. The standard InChI is InChI=1S/C29H32N6O2/c1-19-6-9-22(10-7-19)18-35-26-25(5-4-14-30-26)33-27(28(35)36)34-15-12-23(13-16-34)31-29(37)32-24-11-8-20(2)21(3)17-24/h4-11,14,17,23H,12-13,15-16,18H2,1-3H3,(H2,31,32,37). The molecule has 0 saturated carbocycles. The van der Waals surface area contributed by atoms with E-state index in [1.807, 2.05) is 80.3 Å². The first-order valence-electron chi connectivity index (χ1n) is 12.7. The monoisotopic (exact) mass is 496 g/mol. The van der Waals surface area contributed by atoms with Gasteiger partial charge < -0.3 is 15.5 Å². The summed E-state index contributed by atoms with van der Waals surface area (Å²) in [6, 6.07) is 17.6. The first-order chi connectivity index (χ1) is 17.9. The summed E-state index contributed by atoms with van der Waals surface area (Å²) in [6.07, 6.45) is 3.14. The van der Waals surface area contributed by atoms with Crippen molar-refractivity contribution in [2.75, 3.05) is 23.3 Å². The van der Waals surface area contributed by atoms with Crippen molar-refractivity contribution in [1.29, 1.82) is 0 Å². The second-order valence-corrected chi connectivity index (χ2v) is 9.82. The predicted molar refractivity (Wildman–Crippen MR) is 147 cm³/mol. The number of amides is 2. The van der Waals surface area contributed by atoms with E-state index in [0.29, 0.717) is 36.6 Å². The lowest BCUT2D eigenvalue weighted by Crippen LogP contribution is -2.47. The zero-order valence-electron chi connectivity index (χ0n) is 21.5. The van der Waals surface area contributed by atoms with Gasteiger partial charge in [-0.1, -0.05) is 35.9 Å². The molecule has 8 heteroatoms. The van der Waals surface area contributed by atoms with Crippen LogP contribution in [0.15, 0.2) is 65.6 Å². The van der Waals surface area contributed by atoms with Crippen LogP contribution in [0.25, 0.3) is 11.2 Å². The molecule has 1 aliphatic heterocycles. The minimum absolute atomic E-state index is 0.0275. The van der Waals surface area contributed by atoms with Gasteiger partial charge >= 0.3 is 6.03 Å². The molecule has 1 fully saturated rings. The normalized spacial score (nSPS) is 14.1. The van der Waals surface area contributed by atoms with Crippen LogP contribution >= 0.6 is 0 Å². The number of carbonyl (C=O) groups is 1. The average Bonchev–Trinajstić information content (AvgIpc) is 2.89. The summed E-state index contributed by atoms with van der Waals surface area (Å²) < 4.78 is 1.71. The molecule has 37 heavy (non-hydrogen) atoms. The van der Waals surface area contributed by atoms with Crippen LogP contribution in [-0.4, -0.2) is 39.7 Å². The molecule has 1 saturated heterocycles. The Bertz CT molecular complexity index is 1490. The number of aromatic nitrogens is 3. The minimum Gasteiger partial charge on any atom is -0.352 e. The van der Waals surface area contributed by atoms with Crippen LogP contribution in [0.4, 0.5) is 16.3 Å². The van der Waals surface area contributed by atoms with Gasteiger partial charge in [-0.15, -0.1) is 0 Å². The van der Waals surface area contributed by atoms with Crippen molar-refractivity contribution in [3.05, 3.63) is 93.4 Å². The van der Waals surface area contributed by atoms with E-state index in [1.54, 1.807) is 10.8 Å². The van der Waals surface area contributed by atoms with Crippen molar-refractivity contribution < 1.29 is 4.79 Å². The fourth-order valence-corrected chi connectivity index (χ4v) is 4.70. The van der Waals surface area contributed by atoms with Crippen LogP contribution in [0.5, 0.6) is 0 Å². The van der Waals surface area contributed by atoms with Crippen LogP contribution in [0, 0.1) is 20.8 Å². The minimum atomic E-state index is -0.211. The van der Waals surface area contributed by atoms with E-state index in [4.69, 9.17) is 4.98 Å². The quantitative estimate of drug-likeness (QED) is 0.423. The Morgan fingerprint density at radius 2 is 1.76 bits per heavy atom. The fraction of sp³-hybridized carbons (Fsp3) is 0.310. The summed E-state index contributed by atoms with van der Waals surface area (Å²) in [7, 11) is 0. The number of anilines is 2. The van der Waals surface area contributed by atoms with Crippen molar-refractivity contribution in [1.82, 2.24) is 19.9 Å². The third-order valence-corrected chi connectivity index (χ3v) is 7.04. The molecule has 2 aromatic heterocycles. The van der Waals surface area contributed by atoms with Crippen LogP contribution in [-0.2, 0) is 6.54 Å². The van der Waals surface area contributed by atoms with Crippen LogP contribution in [0.1, 0.15) is 35.1 Å². The molecule has 3 heterocycles. The highest BCUT2D eigenvalue weighted by Gasteiger charge is 2.25. The molecule has 2 amide bonds. The van der Waals surface area contributed by atoms with Crippen molar-refractivity contribution in [2.45, 2.75) is 46.2 Å². The average molecular weight is 497 g/mol. The van der Waals surface area contributed by atoms with E-state index < -0.39 is 0 Å². The number of rotatable bonds is 5. The van der Waals surface area contributed by atoms with Gasteiger partial charge in [-0.25, -0.2) is 14.8 Å². The van der Waals surface area contributed by atoms with Gasteiger partial charge in [-0.3, -0.25) is 9.36 Å². The molecule has 2 aromatic carbocycles. The zero-order valence-corrected chi connectivity index (χ0v) is 21.5. The summed E-state index contributed by atoms with van der Waals surface area (Å²) >= 11 is 0. The number of nitrogens with one attached hydrogen (secondary N) is 2. The number of hydrogen-bond acceptors (Lipinski definition) is 5. The highest BCUT2D eigenvalue weighted by Crippen LogP contribution is 2.19. The smallest absolute Gasteiger partial charge is 0.319 e. The lowest BCUT2D eigenvalue weighted by atomic mass is 10.1. The second-order valence-electron chi connectivity index (χ2n) is 9.82. The molecular formula is C29H32N6O2. The summed E-state index contributed by atoms with van der Waals surface area (Å²) in [4.78, 5) is 37.4.